The standard InChI is InChI=1S/C15H12N4/c1-2-5-12(6-3-1)15-13(18-11-19-15)7-8-14-16-9-4-10-17-14/h1-11H,(H,18,19)/b8-7+. The van der Waals surface area contributed by atoms with Crippen LogP contribution < -0.4 is 0 Å². The fourth-order valence-electron chi connectivity index (χ4n) is 1.81. The van der Waals surface area contributed by atoms with Crippen LogP contribution in [0.5, 0.6) is 0 Å². The fraction of sp³-hybridized carbons (Fsp3) is 0. The van der Waals surface area contributed by atoms with Crippen molar-refractivity contribution in [3.05, 3.63) is 66.6 Å². The van der Waals surface area contributed by atoms with Gasteiger partial charge in [-0.1, -0.05) is 30.3 Å². The molecule has 3 aromatic rings. The summed E-state index contributed by atoms with van der Waals surface area (Å²) in [6.07, 6.45) is 8.92. The third-order valence-electron chi connectivity index (χ3n) is 2.70. The molecule has 0 aliphatic heterocycles. The summed E-state index contributed by atoms with van der Waals surface area (Å²) in [5.74, 6) is 0.677. The summed E-state index contributed by atoms with van der Waals surface area (Å²) < 4.78 is 0. The number of nitrogens with one attached hydrogen (secondary N) is 1. The van der Waals surface area contributed by atoms with Crippen LogP contribution in [0.2, 0.25) is 0 Å². The molecule has 92 valence electrons. The smallest absolute Gasteiger partial charge is 0.151 e. The van der Waals surface area contributed by atoms with Crippen LogP contribution in [0.25, 0.3) is 23.4 Å². The number of imidazole rings is 1. The van der Waals surface area contributed by atoms with Crippen molar-refractivity contribution in [1.29, 1.82) is 0 Å². The van der Waals surface area contributed by atoms with Gasteiger partial charge in [-0.25, -0.2) is 15.0 Å². The predicted octanol–water partition coefficient (Wildman–Crippen LogP) is 3.04. The molecular weight excluding hydrogens is 236 g/mol. The van der Waals surface area contributed by atoms with E-state index >= 15 is 0 Å². The zero-order valence-electron chi connectivity index (χ0n) is 10.2. The molecule has 0 unspecified atom stereocenters. The quantitative estimate of drug-likeness (QED) is 0.775. The van der Waals surface area contributed by atoms with E-state index < -0.39 is 0 Å². The Kier molecular flexibility index (Phi) is 3.14. The van der Waals surface area contributed by atoms with Crippen molar-refractivity contribution < 1.29 is 0 Å². The van der Waals surface area contributed by atoms with Gasteiger partial charge in [0.25, 0.3) is 0 Å². The van der Waals surface area contributed by atoms with Crippen LogP contribution in [0.4, 0.5) is 0 Å². The van der Waals surface area contributed by atoms with Gasteiger partial charge in [0.05, 0.1) is 17.7 Å². The highest BCUT2D eigenvalue weighted by molar-refractivity contribution is 5.75. The van der Waals surface area contributed by atoms with Crippen molar-refractivity contribution in [3.8, 4) is 11.3 Å². The van der Waals surface area contributed by atoms with Gasteiger partial charge in [-0.2, -0.15) is 0 Å². The number of aromatic nitrogens is 4. The van der Waals surface area contributed by atoms with Crippen molar-refractivity contribution >= 4 is 12.2 Å². The van der Waals surface area contributed by atoms with E-state index in [-0.39, 0.29) is 0 Å². The summed E-state index contributed by atoms with van der Waals surface area (Å²) in [4.78, 5) is 15.8. The SMILES string of the molecule is C(=C\c1[nH]cnc1-c1ccccc1)/c1ncccn1. The highest BCUT2D eigenvalue weighted by Crippen LogP contribution is 2.21. The average molecular weight is 248 g/mol. The Morgan fingerprint density at radius 3 is 2.42 bits per heavy atom. The van der Waals surface area contributed by atoms with Crippen LogP contribution in [0.15, 0.2) is 55.1 Å². The number of aromatic amines is 1. The lowest BCUT2D eigenvalue weighted by Crippen LogP contribution is -1.84. The Morgan fingerprint density at radius 2 is 1.63 bits per heavy atom. The van der Waals surface area contributed by atoms with Crippen LogP contribution in [-0.2, 0) is 0 Å². The first-order chi connectivity index (χ1) is 9.43. The minimum absolute atomic E-state index is 0.677. The fourth-order valence-corrected chi connectivity index (χ4v) is 1.81. The van der Waals surface area contributed by atoms with Crippen molar-refractivity contribution in [2.75, 3.05) is 0 Å². The molecule has 0 amide bonds. The molecule has 0 spiro atoms. The van der Waals surface area contributed by atoms with Gasteiger partial charge in [0.2, 0.25) is 0 Å². The zero-order valence-corrected chi connectivity index (χ0v) is 10.2. The molecule has 0 radical (unpaired) electrons. The van der Waals surface area contributed by atoms with Crippen molar-refractivity contribution in [2.45, 2.75) is 0 Å². The van der Waals surface area contributed by atoms with Crippen LogP contribution in [0.1, 0.15) is 11.5 Å². The number of hydrogen-bond donors (Lipinski definition) is 1. The predicted molar refractivity (Wildman–Crippen MR) is 75.0 cm³/mol. The molecule has 1 N–H and O–H groups in total. The molecule has 0 aliphatic rings. The minimum Gasteiger partial charge on any atom is -0.345 e. The first kappa shape index (κ1) is 11.3. The van der Waals surface area contributed by atoms with Gasteiger partial charge in [0.1, 0.15) is 0 Å². The molecule has 1 aromatic carbocycles. The van der Waals surface area contributed by atoms with Gasteiger partial charge in [-0.3, -0.25) is 0 Å². The molecule has 0 saturated carbocycles. The Bertz CT molecular complexity index is 672. The van der Waals surface area contributed by atoms with Gasteiger partial charge in [-0.15, -0.1) is 0 Å². The van der Waals surface area contributed by atoms with E-state index in [9.17, 15) is 0 Å². The maximum atomic E-state index is 4.35. The van der Waals surface area contributed by atoms with Crippen molar-refractivity contribution in [1.82, 2.24) is 19.9 Å². The topological polar surface area (TPSA) is 54.5 Å². The second-order valence-electron chi connectivity index (χ2n) is 3.97. The van der Waals surface area contributed by atoms with Crippen LogP contribution in [0, 0.1) is 0 Å². The summed E-state index contributed by atoms with van der Waals surface area (Å²) >= 11 is 0. The average Bonchev–Trinajstić information content (AvgIpc) is 2.95. The third-order valence-corrected chi connectivity index (χ3v) is 2.70. The lowest BCUT2D eigenvalue weighted by molar-refractivity contribution is 1.14. The van der Waals surface area contributed by atoms with Gasteiger partial charge in [0.15, 0.2) is 5.82 Å². The van der Waals surface area contributed by atoms with E-state index in [4.69, 9.17) is 0 Å². The van der Waals surface area contributed by atoms with Gasteiger partial charge in [-0.05, 0) is 18.2 Å². The monoisotopic (exact) mass is 248 g/mol. The number of H-pyrrole nitrogens is 1. The summed E-state index contributed by atoms with van der Waals surface area (Å²) in [7, 11) is 0. The minimum atomic E-state index is 0.677. The van der Waals surface area contributed by atoms with E-state index in [1.807, 2.05) is 42.5 Å². The Morgan fingerprint density at radius 1 is 0.842 bits per heavy atom. The summed E-state index contributed by atoms with van der Waals surface area (Å²) in [5.41, 5.74) is 2.95. The summed E-state index contributed by atoms with van der Waals surface area (Å²) in [5, 5.41) is 0. The number of hydrogen-bond acceptors (Lipinski definition) is 3. The highest BCUT2D eigenvalue weighted by atomic mass is 14.9. The first-order valence-corrected chi connectivity index (χ1v) is 5.97. The lowest BCUT2D eigenvalue weighted by atomic mass is 10.1. The first-order valence-electron chi connectivity index (χ1n) is 5.97. The van der Waals surface area contributed by atoms with Gasteiger partial charge < -0.3 is 4.98 Å². The summed E-state index contributed by atoms with van der Waals surface area (Å²) in [6, 6.07) is 11.8. The Labute approximate surface area is 110 Å². The molecular formula is C15H12N4. The normalized spacial score (nSPS) is 10.9. The van der Waals surface area contributed by atoms with E-state index in [2.05, 4.69) is 19.9 Å². The number of rotatable bonds is 3. The molecule has 0 aliphatic carbocycles. The molecule has 0 fully saturated rings. The van der Waals surface area contributed by atoms with E-state index in [1.165, 1.54) is 0 Å². The zero-order chi connectivity index (χ0) is 12.9. The summed E-state index contributed by atoms with van der Waals surface area (Å²) in [6.45, 7) is 0. The van der Waals surface area contributed by atoms with Crippen molar-refractivity contribution in [3.63, 3.8) is 0 Å². The maximum Gasteiger partial charge on any atom is 0.151 e. The van der Waals surface area contributed by atoms with Gasteiger partial charge in [0, 0.05) is 18.0 Å². The van der Waals surface area contributed by atoms with Crippen LogP contribution in [0.3, 0.4) is 0 Å². The molecule has 0 atom stereocenters. The molecule has 0 bridgehead atoms. The van der Waals surface area contributed by atoms with E-state index in [0.717, 1.165) is 17.0 Å². The van der Waals surface area contributed by atoms with E-state index in [0.29, 0.717) is 5.82 Å². The molecule has 2 aromatic heterocycles. The van der Waals surface area contributed by atoms with Crippen LogP contribution in [-0.4, -0.2) is 19.9 Å². The number of nitrogens with zero attached hydrogens (tertiary/aromatic N) is 3. The second-order valence-corrected chi connectivity index (χ2v) is 3.97. The highest BCUT2D eigenvalue weighted by Gasteiger charge is 2.04. The molecule has 3 rings (SSSR count). The molecule has 4 heteroatoms. The largest absolute Gasteiger partial charge is 0.345 e. The number of benzene rings is 1. The lowest BCUT2D eigenvalue weighted by Gasteiger charge is -1.98. The van der Waals surface area contributed by atoms with Crippen LogP contribution >= 0.6 is 0 Å². The maximum absolute atomic E-state index is 4.35. The Hall–Kier alpha value is -2.75. The molecule has 2 heterocycles. The molecule has 19 heavy (non-hydrogen) atoms. The molecule has 0 saturated heterocycles. The third kappa shape index (κ3) is 2.57. The second kappa shape index (κ2) is 5.27. The van der Waals surface area contributed by atoms with Gasteiger partial charge >= 0.3 is 0 Å². The van der Waals surface area contributed by atoms with E-state index in [1.54, 1.807) is 24.8 Å². The Balaban J connectivity index is 1.91. The molecule has 4 nitrogen and oxygen atoms in total. The van der Waals surface area contributed by atoms with Crippen molar-refractivity contribution in [2.24, 2.45) is 0 Å².